The predicted molar refractivity (Wildman–Crippen MR) is 87.3 cm³/mol. The number of pyridine rings is 1. The van der Waals surface area contributed by atoms with Crippen LogP contribution in [0.5, 0.6) is 0 Å². The van der Waals surface area contributed by atoms with Gasteiger partial charge in [-0.05, 0) is 37.1 Å². The summed E-state index contributed by atoms with van der Waals surface area (Å²) in [6.45, 7) is 7.93. The lowest BCUT2D eigenvalue weighted by Gasteiger charge is -2.05. The highest BCUT2D eigenvalue weighted by molar-refractivity contribution is 5.75. The quantitative estimate of drug-likeness (QED) is 0.682. The molecule has 0 fully saturated rings. The van der Waals surface area contributed by atoms with E-state index in [0.717, 1.165) is 16.8 Å². The number of aromatic nitrogens is 1. The molecule has 0 aliphatic rings. The van der Waals surface area contributed by atoms with Crippen molar-refractivity contribution in [3.8, 4) is 11.3 Å². The zero-order chi connectivity index (χ0) is 14.4. The minimum absolute atomic E-state index is 0.999. The maximum Gasteiger partial charge on any atom is 0.0701 e. The SMILES string of the molecule is C=C(C)/C=C\C(=C/C)c1ccc(-c2ccccn2)cc1. The largest absolute Gasteiger partial charge is 0.256 e. The summed E-state index contributed by atoms with van der Waals surface area (Å²) >= 11 is 0. The van der Waals surface area contributed by atoms with Crippen molar-refractivity contribution in [3.63, 3.8) is 0 Å². The van der Waals surface area contributed by atoms with E-state index in [9.17, 15) is 0 Å². The van der Waals surface area contributed by atoms with Crippen LogP contribution in [0.15, 0.2) is 79.0 Å². The highest BCUT2D eigenvalue weighted by Gasteiger charge is 2.00. The molecule has 0 atom stereocenters. The molecule has 1 nitrogen and oxygen atoms in total. The Bertz CT molecular complexity index is 631. The van der Waals surface area contributed by atoms with Gasteiger partial charge >= 0.3 is 0 Å². The maximum absolute atomic E-state index is 4.36. The van der Waals surface area contributed by atoms with Gasteiger partial charge in [-0.25, -0.2) is 0 Å². The van der Waals surface area contributed by atoms with E-state index in [1.165, 1.54) is 11.1 Å². The number of nitrogens with zero attached hydrogens (tertiary/aromatic N) is 1. The highest BCUT2D eigenvalue weighted by atomic mass is 14.7. The fourth-order valence-corrected chi connectivity index (χ4v) is 1.96. The Hall–Kier alpha value is -2.41. The summed E-state index contributed by atoms with van der Waals surface area (Å²) in [5.41, 5.74) is 5.58. The number of hydrogen-bond acceptors (Lipinski definition) is 1. The Labute approximate surface area is 121 Å². The second kappa shape index (κ2) is 6.67. The topological polar surface area (TPSA) is 12.9 Å². The molecule has 0 N–H and O–H groups in total. The van der Waals surface area contributed by atoms with Gasteiger partial charge in [0.25, 0.3) is 0 Å². The lowest BCUT2D eigenvalue weighted by molar-refractivity contribution is 1.32. The predicted octanol–water partition coefficient (Wildman–Crippen LogP) is 5.28. The lowest BCUT2D eigenvalue weighted by atomic mass is 10.0. The summed E-state index contributed by atoms with van der Waals surface area (Å²) in [5, 5.41) is 0. The molecule has 0 amide bonds. The zero-order valence-corrected chi connectivity index (χ0v) is 12.0. The molecule has 100 valence electrons. The van der Waals surface area contributed by atoms with Crippen LogP contribution in [0.4, 0.5) is 0 Å². The third-order valence-electron chi connectivity index (χ3n) is 3.04. The Balaban J connectivity index is 2.26. The van der Waals surface area contributed by atoms with Gasteiger partial charge in [0.1, 0.15) is 0 Å². The molecule has 0 bridgehead atoms. The third kappa shape index (κ3) is 3.55. The summed E-state index contributed by atoms with van der Waals surface area (Å²) in [5.74, 6) is 0. The average molecular weight is 261 g/mol. The van der Waals surface area contributed by atoms with Gasteiger partial charge in [-0.2, -0.15) is 0 Å². The van der Waals surface area contributed by atoms with E-state index in [2.05, 4.69) is 48.0 Å². The molecular formula is C19H19N. The molecule has 0 aliphatic carbocycles. The first kappa shape index (κ1) is 14.0. The lowest BCUT2D eigenvalue weighted by Crippen LogP contribution is -1.84. The molecule has 1 heterocycles. The van der Waals surface area contributed by atoms with Gasteiger partial charge in [0.05, 0.1) is 5.69 Å². The molecule has 2 aromatic rings. The Morgan fingerprint density at radius 1 is 1.05 bits per heavy atom. The van der Waals surface area contributed by atoms with Crippen LogP contribution in [0.2, 0.25) is 0 Å². The molecule has 0 saturated carbocycles. The van der Waals surface area contributed by atoms with Gasteiger partial charge < -0.3 is 0 Å². The number of rotatable bonds is 4. The van der Waals surface area contributed by atoms with Crippen molar-refractivity contribution in [1.29, 1.82) is 0 Å². The fourth-order valence-electron chi connectivity index (χ4n) is 1.96. The molecule has 0 unspecified atom stereocenters. The first-order valence-corrected chi connectivity index (χ1v) is 6.72. The van der Waals surface area contributed by atoms with Crippen LogP contribution in [0.1, 0.15) is 19.4 Å². The van der Waals surface area contributed by atoms with E-state index in [1.54, 1.807) is 0 Å². The van der Waals surface area contributed by atoms with Gasteiger partial charge in [0.15, 0.2) is 0 Å². The first-order valence-electron chi connectivity index (χ1n) is 6.72. The molecule has 0 spiro atoms. The van der Waals surface area contributed by atoms with Gasteiger partial charge in [0.2, 0.25) is 0 Å². The van der Waals surface area contributed by atoms with Gasteiger partial charge in [-0.3, -0.25) is 4.98 Å². The smallest absolute Gasteiger partial charge is 0.0701 e. The average Bonchev–Trinajstić information content (AvgIpc) is 2.49. The Kier molecular flexibility index (Phi) is 4.67. The zero-order valence-electron chi connectivity index (χ0n) is 12.0. The Morgan fingerprint density at radius 2 is 1.80 bits per heavy atom. The van der Waals surface area contributed by atoms with Crippen molar-refractivity contribution in [2.24, 2.45) is 0 Å². The van der Waals surface area contributed by atoms with Gasteiger partial charge in [-0.15, -0.1) is 0 Å². The molecule has 1 aromatic carbocycles. The van der Waals surface area contributed by atoms with Crippen LogP contribution in [0.3, 0.4) is 0 Å². The second-order valence-corrected chi connectivity index (χ2v) is 4.72. The molecule has 20 heavy (non-hydrogen) atoms. The van der Waals surface area contributed by atoms with Crippen LogP contribution >= 0.6 is 0 Å². The number of benzene rings is 1. The van der Waals surface area contributed by atoms with Crippen LogP contribution in [0.25, 0.3) is 16.8 Å². The van der Waals surface area contributed by atoms with E-state index in [1.807, 2.05) is 44.3 Å². The van der Waals surface area contributed by atoms with E-state index >= 15 is 0 Å². The third-order valence-corrected chi connectivity index (χ3v) is 3.04. The monoisotopic (exact) mass is 261 g/mol. The molecule has 2 rings (SSSR count). The van der Waals surface area contributed by atoms with E-state index in [0.29, 0.717) is 0 Å². The fraction of sp³-hybridized carbons (Fsp3) is 0.105. The highest BCUT2D eigenvalue weighted by Crippen LogP contribution is 2.21. The molecule has 1 aromatic heterocycles. The van der Waals surface area contributed by atoms with Crippen LogP contribution < -0.4 is 0 Å². The summed E-state index contributed by atoms with van der Waals surface area (Å²) in [7, 11) is 0. The summed E-state index contributed by atoms with van der Waals surface area (Å²) in [6, 6.07) is 14.4. The van der Waals surface area contributed by atoms with Crippen molar-refractivity contribution >= 4 is 5.57 Å². The second-order valence-electron chi connectivity index (χ2n) is 4.72. The van der Waals surface area contributed by atoms with Crippen molar-refractivity contribution in [3.05, 3.63) is 84.6 Å². The van der Waals surface area contributed by atoms with E-state index in [4.69, 9.17) is 0 Å². The minimum atomic E-state index is 0.999. The van der Waals surface area contributed by atoms with Crippen molar-refractivity contribution in [2.45, 2.75) is 13.8 Å². The normalized spacial score (nSPS) is 11.8. The van der Waals surface area contributed by atoms with Gasteiger partial charge in [0, 0.05) is 11.8 Å². The van der Waals surface area contributed by atoms with Crippen molar-refractivity contribution in [1.82, 2.24) is 4.98 Å². The van der Waals surface area contributed by atoms with Crippen molar-refractivity contribution in [2.75, 3.05) is 0 Å². The number of allylic oxidation sites excluding steroid dienone is 5. The van der Waals surface area contributed by atoms with Crippen LogP contribution in [-0.2, 0) is 0 Å². The maximum atomic E-state index is 4.36. The molecule has 0 radical (unpaired) electrons. The van der Waals surface area contributed by atoms with Crippen LogP contribution in [0, 0.1) is 0 Å². The summed E-state index contributed by atoms with van der Waals surface area (Å²) in [6.07, 6.45) is 8.05. The molecule has 1 heteroatoms. The molecule has 0 saturated heterocycles. The van der Waals surface area contributed by atoms with Crippen LogP contribution in [-0.4, -0.2) is 4.98 Å². The molecule has 0 aliphatic heterocycles. The molecular weight excluding hydrogens is 242 g/mol. The first-order chi connectivity index (χ1) is 9.70. The number of hydrogen-bond donors (Lipinski definition) is 0. The van der Waals surface area contributed by atoms with E-state index < -0.39 is 0 Å². The standard InChI is InChI=1S/C19H19N/c1-4-16(9-8-15(2)3)17-10-12-18(13-11-17)19-7-5-6-14-20-19/h4-14H,2H2,1,3H3/b9-8-,16-4+. The summed E-state index contributed by atoms with van der Waals surface area (Å²) in [4.78, 5) is 4.36. The summed E-state index contributed by atoms with van der Waals surface area (Å²) < 4.78 is 0. The van der Waals surface area contributed by atoms with E-state index in [-0.39, 0.29) is 0 Å². The van der Waals surface area contributed by atoms with Gasteiger partial charge in [-0.1, -0.05) is 60.7 Å². The Morgan fingerprint density at radius 3 is 2.35 bits per heavy atom. The van der Waals surface area contributed by atoms with Crippen molar-refractivity contribution < 1.29 is 0 Å². The minimum Gasteiger partial charge on any atom is -0.256 e.